The SMILES string of the molecule is CCC/C(C)=C/C#N. The molecule has 0 spiro atoms. The van der Waals surface area contributed by atoms with Crippen LogP contribution in [0.15, 0.2) is 11.6 Å². The molecule has 0 aromatic rings. The quantitative estimate of drug-likeness (QED) is 0.499. The monoisotopic (exact) mass is 109 g/mol. The zero-order valence-electron chi connectivity index (χ0n) is 5.44. The summed E-state index contributed by atoms with van der Waals surface area (Å²) in [5.74, 6) is 0. The molecular weight excluding hydrogens is 98.1 g/mol. The molecule has 0 aliphatic carbocycles. The highest BCUT2D eigenvalue weighted by atomic mass is 14.2. The third kappa shape index (κ3) is 3.42. The van der Waals surface area contributed by atoms with Gasteiger partial charge in [0.2, 0.25) is 0 Å². The van der Waals surface area contributed by atoms with Crippen molar-refractivity contribution in [1.29, 1.82) is 5.26 Å². The molecule has 0 aromatic heterocycles. The summed E-state index contributed by atoms with van der Waals surface area (Å²) >= 11 is 0. The lowest BCUT2D eigenvalue weighted by molar-refractivity contribution is 0.906. The predicted octanol–water partition coefficient (Wildman–Crippen LogP) is 2.26. The van der Waals surface area contributed by atoms with Gasteiger partial charge in [-0.2, -0.15) is 5.26 Å². The Labute approximate surface area is 50.6 Å². The molecule has 0 unspecified atom stereocenters. The molecule has 0 radical (unpaired) electrons. The summed E-state index contributed by atoms with van der Waals surface area (Å²) < 4.78 is 0. The van der Waals surface area contributed by atoms with Crippen LogP contribution in [0.3, 0.4) is 0 Å². The number of nitriles is 1. The molecule has 0 aliphatic rings. The smallest absolute Gasteiger partial charge is 0.0911 e. The van der Waals surface area contributed by atoms with Crippen LogP contribution < -0.4 is 0 Å². The maximum atomic E-state index is 8.14. The van der Waals surface area contributed by atoms with E-state index in [9.17, 15) is 0 Å². The minimum Gasteiger partial charge on any atom is -0.193 e. The Bertz CT molecular complexity index is 117. The molecule has 0 aromatic carbocycles. The van der Waals surface area contributed by atoms with Gasteiger partial charge in [0.1, 0.15) is 0 Å². The molecule has 1 nitrogen and oxygen atoms in total. The van der Waals surface area contributed by atoms with Crippen LogP contribution in [-0.4, -0.2) is 0 Å². The van der Waals surface area contributed by atoms with Gasteiger partial charge >= 0.3 is 0 Å². The van der Waals surface area contributed by atoms with Crippen LogP contribution in [0.2, 0.25) is 0 Å². The second-order valence-electron chi connectivity index (χ2n) is 1.87. The van der Waals surface area contributed by atoms with E-state index in [4.69, 9.17) is 5.26 Å². The third-order valence-electron chi connectivity index (χ3n) is 0.955. The van der Waals surface area contributed by atoms with Gasteiger partial charge in [0.15, 0.2) is 0 Å². The largest absolute Gasteiger partial charge is 0.193 e. The van der Waals surface area contributed by atoms with Gasteiger partial charge in [-0.1, -0.05) is 18.9 Å². The summed E-state index contributed by atoms with van der Waals surface area (Å²) in [5.41, 5.74) is 1.18. The molecule has 8 heavy (non-hydrogen) atoms. The van der Waals surface area contributed by atoms with Crippen LogP contribution in [0.4, 0.5) is 0 Å². The van der Waals surface area contributed by atoms with E-state index >= 15 is 0 Å². The van der Waals surface area contributed by atoms with Crippen molar-refractivity contribution < 1.29 is 0 Å². The average molecular weight is 109 g/mol. The molecule has 0 amide bonds. The summed E-state index contributed by atoms with van der Waals surface area (Å²) in [6.45, 7) is 4.08. The second-order valence-corrected chi connectivity index (χ2v) is 1.87. The Balaban J connectivity index is 3.49. The predicted molar refractivity (Wildman–Crippen MR) is 34.3 cm³/mol. The fraction of sp³-hybridized carbons (Fsp3) is 0.571. The zero-order valence-corrected chi connectivity index (χ0v) is 5.44. The molecule has 0 fully saturated rings. The topological polar surface area (TPSA) is 23.8 Å². The van der Waals surface area contributed by atoms with E-state index in [0.29, 0.717) is 0 Å². The number of rotatable bonds is 2. The van der Waals surface area contributed by atoms with Crippen molar-refractivity contribution in [1.82, 2.24) is 0 Å². The van der Waals surface area contributed by atoms with Gasteiger partial charge in [0.25, 0.3) is 0 Å². The number of nitrogens with zero attached hydrogens (tertiary/aromatic N) is 1. The molecule has 0 rings (SSSR count). The normalized spacial score (nSPS) is 10.9. The van der Waals surface area contributed by atoms with Gasteiger partial charge < -0.3 is 0 Å². The maximum absolute atomic E-state index is 8.14. The first kappa shape index (κ1) is 7.23. The molecule has 0 saturated carbocycles. The molecule has 0 N–H and O–H groups in total. The van der Waals surface area contributed by atoms with Gasteiger partial charge in [-0.25, -0.2) is 0 Å². The van der Waals surface area contributed by atoms with Gasteiger partial charge in [-0.15, -0.1) is 0 Å². The molecule has 0 aliphatic heterocycles. The summed E-state index contributed by atoms with van der Waals surface area (Å²) in [5, 5.41) is 8.14. The first-order valence-corrected chi connectivity index (χ1v) is 2.86. The van der Waals surface area contributed by atoms with Crippen molar-refractivity contribution in [3.63, 3.8) is 0 Å². The molecule has 44 valence electrons. The van der Waals surface area contributed by atoms with Crippen LogP contribution in [-0.2, 0) is 0 Å². The Hall–Kier alpha value is -0.770. The first-order chi connectivity index (χ1) is 3.81. The fourth-order valence-corrected chi connectivity index (χ4v) is 0.577. The Morgan fingerprint density at radius 1 is 1.75 bits per heavy atom. The van der Waals surface area contributed by atoms with Crippen molar-refractivity contribution >= 4 is 0 Å². The van der Waals surface area contributed by atoms with E-state index in [-0.39, 0.29) is 0 Å². The van der Waals surface area contributed by atoms with Crippen molar-refractivity contribution in [2.24, 2.45) is 0 Å². The van der Waals surface area contributed by atoms with Gasteiger partial charge in [0, 0.05) is 6.08 Å². The zero-order chi connectivity index (χ0) is 6.41. The molecule has 0 saturated heterocycles. The van der Waals surface area contributed by atoms with E-state index in [1.165, 1.54) is 5.57 Å². The van der Waals surface area contributed by atoms with Crippen molar-refractivity contribution in [2.75, 3.05) is 0 Å². The van der Waals surface area contributed by atoms with E-state index in [2.05, 4.69) is 6.92 Å². The molecule has 0 atom stereocenters. The average Bonchev–Trinajstić information content (AvgIpc) is 1.68. The molecule has 0 heterocycles. The van der Waals surface area contributed by atoms with Crippen LogP contribution in [0.25, 0.3) is 0 Å². The maximum Gasteiger partial charge on any atom is 0.0911 e. The summed E-state index contributed by atoms with van der Waals surface area (Å²) in [6.07, 6.45) is 3.78. The number of allylic oxidation sites excluding steroid dienone is 2. The van der Waals surface area contributed by atoms with E-state index in [0.717, 1.165) is 12.8 Å². The molecule has 0 bridgehead atoms. The number of hydrogen-bond donors (Lipinski definition) is 0. The van der Waals surface area contributed by atoms with E-state index in [1.807, 2.05) is 13.0 Å². The third-order valence-corrected chi connectivity index (χ3v) is 0.955. The lowest BCUT2D eigenvalue weighted by atomic mass is 10.2. The molecule has 1 heteroatoms. The van der Waals surface area contributed by atoms with Crippen LogP contribution in [0, 0.1) is 11.3 Å². The highest BCUT2D eigenvalue weighted by Crippen LogP contribution is 2.00. The lowest BCUT2D eigenvalue weighted by Crippen LogP contribution is -1.71. The Kier molecular flexibility index (Phi) is 3.97. The minimum absolute atomic E-state index is 1.05. The van der Waals surface area contributed by atoms with Crippen LogP contribution >= 0.6 is 0 Å². The van der Waals surface area contributed by atoms with Crippen molar-refractivity contribution in [3.8, 4) is 6.07 Å². The van der Waals surface area contributed by atoms with Gasteiger partial charge in [-0.05, 0) is 13.3 Å². The van der Waals surface area contributed by atoms with E-state index < -0.39 is 0 Å². The number of hydrogen-bond acceptors (Lipinski definition) is 1. The molecular formula is C7H11N. The fourth-order valence-electron chi connectivity index (χ4n) is 0.577. The summed E-state index contributed by atoms with van der Waals surface area (Å²) in [4.78, 5) is 0. The highest BCUT2D eigenvalue weighted by Gasteiger charge is 1.82. The Morgan fingerprint density at radius 2 is 2.38 bits per heavy atom. The van der Waals surface area contributed by atoms with Gasteiger partial charge in [-0.3, -0.25) is 0 Å². The summed E-state index contributed by atoms with van der Waals surface area (Å²) in [7, 11) is 0. The summed E-state index contributed by atoms with van der Waals surface area (Å²) in [6, 6.07) is 1.99. The second kappa shape index (κ2) is 4.39. The highest BCUT2D eigenvalue weighted by molar-refractivity contribution is 5.10. The lowest BCUT2D eigenvalue weighted by Gasteiger charge is -1.89. The standard InChI is InChI=1S/C7H11N/c1-3-4-7(2)5-6-8/h5H,3-4H2,1-2H3/b7-5+. The van der Waals surface area contributed by atoms with Crippen molar-refractivity contribution in [3.05, 3.63) is 11.6 Å². The first-order valence-electron chi connectivity index (χ1n) is 2.86. The van der Waals surface area contributed by atoms with E-state index in [1.54, 1.807) is 6.08 Å². The minimum atomic E-state index is 1.05. The van der Waals surface area contributed by atoms with Gasteiger partial charge in [0.05, 0.1) is 6.07 Å². The van der Waals surface area contributed by atoms with Crippen molar-refractivity contribution in [2.45, 2.75) is 26.7 Å². The van der Waals surface area contributed by atoms with Crippen LogP contribution in [0.5, 0.6) is 0 Å². The van der Waals surface area contributed by atoms with Crippen LogP contribution in [0.1, 0.15) is 26.7 Å². The Morgan fingerprint density at radius 3 is 2.75 bits per heavy atom.